The maximum atomic E-state index is 5.47. The van der Waals surface area contributed by atoms with Gasteiger partial charge in [0.05, 0.1) is 19.3 Å². The molecule has 2 aromatic heterocycles. The second-order valence-corrected chi connectivity index (χ2v) is 4.56. The van der Waals surface area contributed by atoms with Crippen LogP contribution < -0.4 is 10.1 Å². The smallest absolute Gasteiger partial charge is 0.161 e. The molecule has 0 spiro atoms. The van der Waals surface area contributed by atoms with Crippen LogP contribution in [-0.4, -0.2) is 28.9 Å². The molecule has 2 rings (SSSR count). The van der Waals surface area contributed by atoms with E-state index in [1.165, 1.54) is 11.1 Å². The van der Waals surface area contributed by atoms with Crippen molar-refractivity contribution in [3.8, 4) is 5.75 Å². The van der Waals surface area contributed by atoms with E-state index in [-0.39, 0.29) is 6.04 Å². The van der Waals surface area contributed by atoms with Crippen LogP contribution in [0.2, 0.25) is 0 Å². The van der Waals surface area contributed by atoms with E-state index in [0.29, 0.717) is 0 Å². The fourth-order valence-electron chi connectivity index (χ4n) is 2.53. The maximum Gasteiger partial charge on any atom is 0.161 e. The highest BCUT2D eigenvalue weighted by atomic mass is 16.5. The Labute approximate surface area is 120 Å². The zero-order chi connectivity index (χ0) is 14.5. The molecule has 5 heteroatoms. The van der Waals surface area contributed by atoms with E-state index in [1.807, 2.05) is 24.1 Å². The van der Waals surface area contributed by atoms with Crippen molar-refractivity contribution in [3.63, 3.8) is 0 Å². The van der Waals surface area contributed by atoms with Gasteiger partial charge in [0, 0.05) is 18.9 Å². The van der Waals surface area contributed by atoms with Gasteiger partial charge in [0.25, 0.3) is 0 Å². The lowest BCUT2D eigenvalue weighted by atomic mass is 9.98. The molecule has 0 aliphatic rings. The Balaban J connectivity index is 2.55. The lowest BCUT2D eigenvalue weighted by molar-refractivity contribution is 0.401. The number of hydrogen-bond donors (Lipinski definition) is 1. The van der Waals surface area contributed by atoms with Gasteiger partial charge in [-0.2, -0.15) is 5.10 Å². The summed E-state index contributed by atoms with van der Waals surface area (Å²) in [4.78, 5) is 4.22. The molecule has 0 bridgehead atoms. The van der Waals surface area contributed by atoms with Crippen LogP contribution in [0.15, 0.2) is 24.7 Å². The lowest BCUT2D eigenvalue weighted by Crippen LogP contribution is -2.23. The molecular formula is C15H22N4O. The van der Waals surface area contributed by atoms with Gasteiger partial charge < -0.3 is 10.1 Å². The molecule has 1 N–H and O–H groups in total. The van der Waals surface area contributed by atoms with Crippen molar-refractivity contribution in [1.82, 2.24) is 20.1 Å². The van der Waals surface area contributed by atoms with Crippen LogP contribution in [0.1, 0.15) is 36.7 Å². The van der Waals surface area contributed by atoms with Crippen LogP contribution in [0.5, 0.6) is 5.75 Å². The highest BCUT2D eigenvalue weighted by Crippen LogP contribution is 2.31. The quantitative estimate of drug-likeness (QED) is 0.877. The summed E-state index contributed by atoms with van der Waals surface area (Å²) in [7, 11) is 3.64. The maximum absolute atomic E-state index is 5.47. The van der Waals surface area contributed by atoms with Gasteiger partial charge in [-0.1, -0.05) is 6.92 Å². The molecule has 1 unspecified atom stereocenters. The van der Waals surface area contributed by atoms with Crippen LogP contribution in [0.25, 0.3) is 0 Å². The van der Waals surface area contributed by atoms with Gasteiger partial charge in [-0.15, -0.1) is 0 Å². The van der Waals surface area contributed by atoms with Crippen molar-refractivity contribution in [2.75, 3.05) is 14.2 Å². The van der Waals surface area contributed by atoms with Crippen molar-refractivity contribution in [2.24, 2.45) is 0 Å². The van der Waals surface area contributed by atoms with Crippen LogP contribution in [0.4, 0.5) is 0 Å². The SMILES string of the molecule is CCc1cnccc1C(NC)c1c(OC)cnn1CC. The molecule has 0 saturated carbocycles. The highest BCUT2D eigenvalue weighted by molar-refractivity contribution is 5.39. The normalized spacial score (nSPS) is 12.4. The molecule has 0 aliphatic heterocycles. The standard InChI is InChI=1S/C15H22N4O/c1-5-11-9-17-8-7-12(11)14(16-3)15-13(20-4)10-18-19(15)6-2/h7-10,14,16H,5-6H2,1-4H3. The number of pyridine rings is 1. The number of nitrogens with one attached hydrogen (secondary N) is 1. The van der Waals surface area contributed by atoms with E-state index >= 15 is 0 Å². The second-order valence-electron chi connectivity index (χ2n) is 4.56. The highest BCUT2D eigenvalue weighted by Gasteiger charge is 2.23. The van der Waals surface area contributed by atoms with Crippen LogP contribution in [0, 0.1) is 0 Å². The first kappa shape index (κ1) is 14.5. The summed E-state index contributed by atoms with van der Waals surface area (Å²) < 4.78 is 7.44. The molecule has 0 saturated heterocycles. The molecule has 5 nitrogen and oxygen atoms in total. The van der Waals surface area contributed by atoms with Gasteiger partial charge in [0.2, 0.25) is 0 Å². The summed E-state index contributed by atoms with van der Waals surface area (Å²) in [5.41, 5.74) is 3.51. The van der Waals surface area contributed by atoms with Crippen molar-refractivity contribution >= 4 is 0 Å². The largest absolute Gasteiger partial charge is 0.493 e. The summed E-state index contributed by atoms with van der Waals surface area (Å²) in [5.74, 6) is 0.810. The number of aryl methyl sites for hydroxylation is 2. The fourth-order valence-corrected chi connectivity index (χ4v) is 2.53. The van der Waals surface area contributed by atoms with Crippen LogP contribution in [0.3, 0.4) is 0 Å². The molecule has 2 heterocycles. The lowest BCUT2D eigenvalue weighted by Gasteiger charge is -2.21. The third-order valence-electron chi connectivity index (χ3n) is 3.56. The summed E-state index contributed by atoms with van der Waals surface area (Å²) in [6, 6.07) is 2.11. The van der Waals surface area contributed by atoms with Crippen molar-refractivity contribution in [2.45, 2.75) is 32.9 Å². The third kappa shape index (κ3) is 2.54. The van der Waals surface area contributed by atoms with E-state index in [9.17, 15) is 0 Å². The Morgan fingerprint density at radius 3 is 2.75 bits per heavy atom. The zero-order valence-electron chi connectivity index (χ0n) is 12.6. The summed E-state index contributed by atoms with van der Waals surface area (Å²) in [6.45, 7) is 5.03. The number of nitrogens with zero attached hydrogens (tertiary/aromatic N) is 3. The van der Waals surface area contributed by atoms with E-state index in [2.05, 4.69) is 35.3 Å². The van der Waals surface area contributed by atoms with Gasteiger partial charge in [-0.25, -0.2) is 0 Å². The molecule has 108 valence electrons. The third-order valence-corrected chi connectivity index (χ3v) is 3.56. The molecule has 2 aromatic rings. The minimum Gasteiger partial charge on any atom is -0.493 e. The van der Waals surface area contributed by atoms with Gasteiger partial charge >= 0.3 is 0 Å². The molecular weight excluding hydrogens is 252 g/mol. The van der Waals surface area contributed by atoms with Gasteiger partial charge in [-0.3, -0.25) is 9.67 Å². The predicted octanol–water partition coefficient (Wildman–Crippen LogP) is 2.18. The van der Waals surface area contributed by atoms with Crippen LogP contribution >= 0.6 is 0 Å². The molecule has 0 fully saturated rings. The Hall–Kier alpha value is -1.88. The number of hydrogen-bond acceptors (Lipinski definition) is 4. The second kappa shape index (κ2) is 6.52. The molecule has 0 aliphatic carbocycles. The minimum absolute atomic E-state index is 0.0466. The molecule has 0 radical (unpaired) electrons. The van der Waals surface area contributed by atoms with E-state index in [1.54, 1.807) is 13.3 Å². The Bertz CT molecular complexity index is 543. The molecule has 1 atom stereocenters. The Morgan fingerprint density at radius 1 is 1.35 bits per heavy atom. The van der Waals surface area contributed by atoms with E-state index in [0.717, 1.165) is 24.4 Å². The topological polar surface area (TPSA) is 52.0 Å². The number of aromatic nitrogens is 3. The van der Waals surface area contributed by atoms with E-state index < -0.39 is 0 Å². The number of ether oxygens (including phenoxy) is 1. The van der Waals surface area contributed by atoms with Crippen LogP contribution in [-0.2, 0) is 13.0 Å². The monoisotopic (exact) mass is 274 g/mol. The molecule has 0 aromatic carbocycles. The summed E-state index contributed by atoms with van der Waals surface area (Å²) in [6.07, 6.45) is 6.48. The Morgan fingerprint density at radius 2 is 2.15 bits per heavy atom. The van der Waals surface area contributed by atoms with Gasteiger partial charge in [-0.05, 0) is 37.6 Å². The minimum atomic E-state index is 0.0466. The Kier molecular flexibility index (Phi) is 4.74. The first-order valence-electron chi connectivity index (χ1n) is 6.96. The predicted molar refractivity (Wildman–Crippen MR) is 79.0 cm³/mol. The molecule has 0 amide bonds. The molecule has 20 heavy (non-hydrogen) atoms. The van der Waals surface area contributed by atoms with E-state index in [4.69, 9.17) is 4.74 Å². The first-order chi connectivity index (χ1) is 9.76. The zero-order valence-corrected chi connectivity index (χ0v) is 12.6. The number of rotatable bonds is 6. The summed E-state index contributed by atoms with van der Waals surface area (Å²) in [5, 5.41) is 7.77. The van der Waals surface area contributed by atoms with Crippen molar-refractivity contribution < 1.29 is 4.74 Å². The first-order valence-corrected chi connectivity index (χ1v) is 6.96. The summed E-state index contributed by atoms with van der Waals surface area (Å²) >= 11 is 0. The number of methoxy groups -OCH3 is 1. The van der Waals surface area contributed by atoms with Gasteiger partial charge in [0.15, 0.2) is 5.75 Å². The van der Waals surface area contributed by atoms with Crippen molar-refractivity contribution in [3.05, 3.63) is 41.5 Å². The van der Waals surface area contributed by atoms with Gasteiger partial charge in [0.1, 0.15) is 5.69 Å². The fraction of sp³-hybridized carbons (Fsp3) is 0.467. The van der Waals surface area contributed by atoms with Crippen molar-refractivity contribution in [1.29, 1.82) is 0 Å². The average Bonchev–Trinajstić information content (AvgIpc) is 2.91. The average molecular weight is 274 g/mol.